The first-order valence-corrected chi connectivity index (χ1v) is 5.22. The van der Waals surface area contributed by atoms with Crippen LogP contribution in [0.5, 0.6) is 0 Å². The molecule has 12 heavy (non-hydrogen) atoms. The van der Waals surface area contributed by atoms with Crippen LogP contribution in [0.3, 0.4) is 0 Å². The fourth-order valence-electron chi connectivity index (χ4n) is 0.589. The number of nitrogens with zero attached hydrogens (tertiary/aromatic N) is 3. The quantitative estimate of drug-likeness (QED) is 0.589. The number of nitrogens with two attached hydrogens (primary N) is 1. The average Bonchev–Trinajstić information content (AvgIpc) is 2.45. The summed E-state index contributed by atoms with van der Waals surface area (Å²) in [5.74, 6) is 0.905. The van der Waals surface area contributed by atoms with Crippen LogP contribution in [0.25, 0.3) is 0 Å². The van der Waals surface area contributed by atoms with Crippen molar-refractivity contribution in [3.05, 3.63) is 0 Å². The van der Waals surface area contributed by atoms with Gasteiger partial charge in [0.25, 0.3) is 0 Å². The Morgan fingerprint density at radius 1 is 1.58 bits per heavy atom. The van der Waals surface area contributed by atoms with Crippen molar-refractivity contribution in [2.75, 3.05) is 11.5 Å². The van der Waals surface area contributed by atoms with Gasteiger partial charge in [0.2, 0.25) is 5.13 Å². The number of unbranched alkanes of at least 4 members (excludes halogenated alkanes) is 1. The average molecular weight is 200 g/mol. The molecule has 0 unspecified atom stereocenters. The monoisotopic (exact) mass is 200 g/mol. The van der Waals surface area contributed by atoms with Crippen LogP contribution in [-0.4, -0.2) is 16.0 Å². The molecule has 0 fully saturated rings. The van der Waals surface area contributed by atoms with Crippen molar-refractivity contribution in [1.82, 2.24) is 10.2 Å². The Kier molecular flexibility index (Phi) is 3.84. The van der Waals surface area contributed by atoms with Crippen LogP contribution in [0, 0.1) is 11.3 Å². The van der Waals surface area contributed by atoms with Gasteiger partial charge in [0.1, 0.15) is 0 Å². The molecule has 0 aliphatic carbocycles. The third-order valence-corrected chi connectivity index (χ3v) is 3.05. The molecule has 1 aromatic rings. The summed E-state index contributed by atoms with van der Waals surface area (Å²) in [6.07, 6.45) is 1.49. The summed E-state index contributed by atoms with van der Waals surface area (Å²) in [7, 11) is 0. The first-order chi connectivity index (χ1) is 5.83. The minimum absolute atomic E-state index is 0.498. The third kappa shape index (κ3) is 3.07. The summed E-state index contributed by atoms with van der Waals surface area (Å²) >= 11 is 2.98. The first-order valence-electron chi connectivity index (χ1n) is 3.41. The maximum absolute atomic E-state index is 8.26. The lowest BCUT2D eigenvalue weighted by Gasteiger charge is -1.90. The second-order valence-corrected chi connectivity index (χ2v) is 4.37. The highest BCUT2D eigenvalue weighted by Crippen LogP contribution is 2.23. The lowest BCUT2D eigenvalue weighted by atomic mass is 10.4. The van der Waals surface area contributed by atoms with Gasteiger partial charge < -0.3 is 5.73 Å². The van der Waals surface area contributed by atoms with E-state index in [-0.39, 0.29) is 0 Å². The molecule has 0 aliphatic heterocycles. The fraction of sp³-hybridized carbons (Fsp3) is 0.500. The lowest BCUT2D eigenvalue weighted by molar-refractivity contribution is 0.972. The van der Waals surface area contributed by atoms with E-state index in [4.69, 9.17) is 11.0 Å². The number of rotatable bonds is 4. The molecule has 0 spiro atoms. The number of anilines is 1. The van der Waals surface area contributed by atoms with Crippen molar-refractivity contribution in [2.24, 2.45) is 0 Å². The predicted octanol–water partition coefficient (Wildman–Crippen LogP) is 1.52. The molecule has 1 heterocycles. The van der Waals surface area contributed by atoms with Crippen LogP contribution >= 0.6 is 23.1 Å². The van der Waals surface area contributed by atoms with Crippen molar-refractivity contribution in [1.29, 1.82) is 5.26 Å². The molecule has 0 aromatic carbocycles. The summed E-state index contributed by atoms with van der Waals surface area (Å²) in [4.78, 5) is 0. The van der Waals surface area contributed by atoms with E-state index in [2.05, 4.69) is 16.3 Å². The number of hydrogen-bond donors (Lipinski definition) is 1. The molecule has 2 N–H and O–H groups in total. The summed E-state index contributed by atoms with van der Waals surface area (Å²) in [6, 6.07) is 2.09. The van der Waals surface area contributed by atoms with Gasteiger partial charge in [-0.2, -0.15) is 5.26 Å². The van der Waals surface area contributed by atoms with Crippen molar-refractivity contribution in [3.63, 3.8) is 0 Å². The molecule has 0 bridgehead atoms. The van der Waals surface area contributed by atoms with Gasteiger partial charge in [-0.05, 0) is 6.42 Å². The minimum atomic E-state index is 0.498. The topological polar surface area (TPSA) is 75.6 Å². The van der Waals surface area contributed by atoms with Crippen LogP contribution < -0.4 is 5.73 Å². The lowest BCUT2D eigenvalue weighted by Crippen LogP contribution is -1.80. The molecule has 0 saturated heterocycles. The first kappa shape index (κ1) is 9.29. The van der Waals surface area contributed by atoms with Gasteiger partial charge in [-0.15, -0.1) is 10.2 Å². The Hall–Kier alpha value is -0.800. The second kappa shape index (κ2) is 4.95. The van der Waals surface area contributed by atoms with Crippen molar-refractivity contribution in [3.8, 4) is 6.07 Å². The Labute approximate surface area is 78.8 Å². The maximum Gasteiger partial charge on any atom is 0.203 e. The number of thioether (sulfide) groups is 1. The van der Waals surface area contributed by atoms with Gasteiger partial charge in [0.15, 0.2) is 4.34 Å². The molecule has 0 atom stereocenters. The van der Waals surface area contributed by atoms with E-state index in [0.29, 0.717) is 11.6 Å². The highest BCUT2D eigenvalue weighted by Gasteiger charge is 2.00. The summed E-state index contributed by atoms with van der Waals surface area (Å²) in [5.41, 5.74) is 5.39. The molecule has 0 radical (unpaired) electrons. The largest absolute Gasteiger partial charge is 0.374 e. The van der Waals surface area contributed by atoms with Gasteiger partial charge in [-0.3, -0.25) is 0 Å². The molecule has 0 amide bonds. The number of hydrogen-bond acceptors (Lipinski definition) is 6. The number of aromatic nitrogens is 2. The third-order valence-electron chi connectivity index (χ3n) is 1.08. The Balaban J connectivity index is 2.21. The van der Waals surface area contributed by atoms with Crippen LogP contribution in [0.1, 0.15) is 12.8 Å². The second-order valence-electron chi connectivity index (χ2n) is 2.02. The van der Waals surface area contributed by atoms with Crippen LogP contribution in [0.15, 0.2) is 4.34 Å². The molecule has 1 aromatic heterocycles. The molecule has 1 rings (SSSR count). The van der Waals surface area contributed by atoms with Gasteiger partial charge in [-0.25, -0.2) is 0 Å². The fourth-order valence-corrected chi connectivity index (χ4v) is 2.24. The van der Waals surface area contributed by atoms with Gasteiger partial charge in [0, 0.05) is 12.2 Å². The zero-order valence-corrected chi connectivity index (χ0v) is 7.99. The maximum atomic E-state index is 8.26. The molecule has 6 heteroatoms. The highest BCUT2D eigenvalue weighted by atomic mass is 32.2. The smallest absolute Gasteiger partial charge is 0.203 e. The van der Waals surface area contributed by atoms with E-state index in [0.717, 1.165) is 16.5 Å². The van der Waals surface area contributed by atoms with E-state index in [9.17, 15) is 0 Å². The minimum Gasteiger partial charge on any atom is -0.374 e. The van der Waals surface area contributed by atoms with Crippen molar-refractivity contribution >= 4 is 28.2 Å². The molecule has 0 saturated carbocycles. The standard InChI is InChI=1S/C6H8N4S2/c7-3-1-2-4-11-6-10-9-5(8)12-6/h1-2,4H2,(H2,8,9). The van der Waals surface area contributed by atoms with Crippen molar-refractivity contribution in [2.45, 2.75) is 17.2 Å². The number of nitriles is 1. The van der Waals surface area contributed by atoms with E-state index in [1.807, 2.05) is 0 Å². The zero-order chi connectivity index (χ0) is 8.81. The Morgan fingerprint density at radius 3 is 3.00 bits per heavy atom. The Bertz CT molecular complexity index is 277. The molecule has 4 nitrogen and oxygen atoms in total. The van der Waals surface area contributed by atoms with E-state index >= 15 is 0 Å². The van der Waals surface area contributed by atoms with E-state index in [1.54, 1.807) is 11.8 Å². The SMILES string of the molecule is N#CCCCSc1nnc(N)s1. The molecule has 64 valence electrons. The molecular weight excluding hydrogens is 192 g/mol. The van der Waals surface area contributed by atoms with Gasteiger partial charge >= 0.3 is 0 Å². The van der Waals surface area contributed by atoms with Crippen LogP contribution in [0.2, 0.25) is 0 Å². The Morgan fingerprint density at radius 2 is 2.42 bits per heavy atom. The normalized spacial score (nSPS) is 9.58. The number of nitrogen functional groups attached to an aromatic ring is 1. The molecule has 0 aliphatic rings. The van der Waals surface area contributed by atoms with E-state index < -0.39 is 0 Å². The highest BCUT2D eigenvalue weighted by molar-refractivity contribution is 8.01. The summed E-state index contributed by atoms with van der Waals surface area (Å²) in [5, 5.41) is 16.3. The molecular formula is C6H8N4S2. The van der Waals surface area contributed by atoms with Crippen LogP contribution in [0.4, 0.5) is 5.13 Å². The predicted molar refractivity (Wildman–Crippen MR) is 49.9 cm³/mol. The van der Waals surface area contributed by atoms with Crippen molar-refractivity contribution < 1.29 is 0 Å². The summed E-state index contributed by atoms with van der Waals surface area (Å²) < 4.78 is 0.880. The van der Waals surface area contributed by atoms with Gasteiger partial charge in [0.05, 0.1) is 6.07 Å². The summed E-state index contributed by atoms with van der Waals surface area (Å²) in [6.45, 7) is 0. The van der Waals surface area contributed by atoms with Gasteiger partial charge in [-0.1, -0.05) is 23.1 Å². The zero-order valence-electron chi connectivity index (χ0n) is 6.36. The van der Waals surface area contributed by atoms with Crippen LogP contribution in [-0.2, 0) is 0 Å². The van der Waals surface area contributed by atoms with E-state index in [1.165, 1.54) is 11.3 Å².